The molecule has 0 aliphatic heterocycles. The predicted octanol–water partition coefficient (Wildman–Crippen LogP) is 3.40. The zero-order valence-corrected chi connectivity index (χ0v) is 7.45. The lowest BCUT2D eigenvalue weighted by Crippen LogP contribution is -2.17. The Kier molecular flexibility index (Phi) is 2.17. The van der Waals surface area contributed by atoms with E-state index >= 15 is 0 Å². The molecule has 62 valence electrons. The summed E-state index contributed by atoms with van der Waals surface area (Å²) in [5.41, 5.74) is 0.800. The third-order valence-corrected chi connectivity index (χ3v) is 2.03. The average molecular weight is 154 g/mol. The third kappa shape index (κ3) is 1.92. The molecule has 11 heavy (non-hydrogen) atoms. The topological polar surface area (TPSA) is 0 Å². The highest BCUT2D eigenvalue weighted by atomic mass is 19.1. The summed E-state index contributed by atoms with van der Waals surface area (Å²) in [4.78, 5) is 0. The van der Waals surface area contributed by atoms with Gasteiger partial charge >= 0.3 is 0 Å². The number of allylic oxidation sites excluding steroid dienone is 4. The summed E-state index contributed by atoms with van der Waals surface area (Å²) in [6.45, 7) is 5.20. The van der Waals surface area contributed by atoms with Crippen molar-refractivity contribution in [2.45, 2.75) is 39.3 Å². The van der Waals surface area contributed by atoms with Crippen LogP contribution in [0.1, 0.15) is 33.6 Å². The van der Waals surface area contributed by atoms with Crippen LogP contribution in [-0.2, 0) is 0 Å². The lowest BCUT2D eigenvalue weighted by Gasteiger charge is -2.22. The molecule has 1 heteroatoms. The summed E-state index contributed by atoms with van der Waals surface area (Å²) in [5, 5.41) is 0. The maximum absolute atomic E-state index is 13.4. The van der Waals surface area contributed by atoms with Gasteiger partial charge in [0.2, 0.25) is 0 Å². The van der Waals surface area contributed by atoms with E-state index in [2.05, 4.69) is 6.08 Å². The lowest BCUT2D eigenvalue weighted by atomic mass is 9.89. The molecule has 0 N–H and O–H groups in total. The van der Waals surface area contributed by atoms with E-state index in [0.717, 1.165) is 24.0 Å². The van der Waals surface area contributed by atoms with E-state index in [4.69, 9.17) is 0 Å². The second-order valence-corrected chi connectivity index (χ2v) is 3.55. The first-order chi connectivity index (χ1) is 5.02. The molecule has 1 aliphatic carbocycles. The van der Waals surface area contributed by atoms with Crippen LogP contribution in [0.2, 0.25) is 0 Å². The normalized spacial score (nSPS) is 19.3. The molecule has 0 nitrogen and oxygen atoms in total. The standard InChI is InChI=1S/C10H15F/c1-8-6-4-5-7-9(8)10(2,3)11/h6-7H,4-5H2,1-3H3. The third-order valence-electron chi connectivity index (χ3n) is 2.03. The van der Waals surface area contributed by atoms with Gasteiger partial charge in [0, 0.05) is 0 Å². The molecule has 0 radical (unpaired) electrons. The molecule has 0 aromatic heterocycles. The van der Waals surface area contributed by atoms with Crippen LogP contribution < -0.4 is 0 Å². The van der Waals surface area contributed by atoms with Gasteiger partial charge in [0.05, 0.1) is 0 Å². The van der Waals surface area contributed by atoms with Crippen molar-refractivity contribution >= 4 is 0 Å². The Bertz CT molecular complexity index is 203. The van der Waals surface area contributed by atoms with Gasteiger partial charge in [0.1, 0.15) is 5.67 Å². The van der Waals surface area contributed by atoms with E-state index < -0.39 is 5.67 Å². The molecule has 0 heterocycles. The Balaban J connectivity index is 2.87. The monoisotopic (exact) mass is 154 g/mol. The minimum Gasteiger partial charge on any atom is -0.239 e. The Morgan fingerprint density at radius 1 is 1.27 bits per heavy atom. The maximum atomic E-state index is 13.4. The average Bonchev–Trinajstić information content (AvgIpc) is 1.86. The predicted molar refractivity (Wildman–Crippen MR) is 46.3 cm³/mol. The van der Waals surface area contributed by atoms with Crippen LogP contribution in [0, 0.1) is 0 Å². The number of halogens is 1. The summed E-state index contributed by atoms with van der Waals surface area (Å²) < 4.78 is 13.4. The van der Waals surface area contributed by atoms with Crippen LogP contribution in [0.4, 0.5) is 4.39 Å². The number of alkyl halides is 1. The van der Waals surface area contributed by atoms with Gasteiger partial charge < -0.3 is 0 Å². The van der Waals surface area contributed by atoms with Gasteiger partial charge in [0.15, 0.2) is 0 Å². The van der Waals surface area contributed by atoms with E-state index in [1.165, 1.54) is 0 Å². The maximum Gasteiger partial charge on any atom is 0.130 e. The highest BCUT2D eigenvalue weighted by molar-refractivity contribution is 5.37. The van der Waals surface area contributed by atoms with Gasteiger partial charge in [0.25, 0.3) is 0 Å². The first-order valence-corrected chi connectivity index (χ1v) is 4.08. The molecule has 1 aliphatic rings. The summed E-state index contributed by atoms with van der Waals surface area (Å²) in [5.74, 6) is 0. The molecule has 0 saturated carbocycles. The van der Waals surface area contributed by atoms with Crippen molar-refractivity contribution < 1.29 is 4.39 Å². The van der Waals surface area contributed by atoms with E-state index in [1.807, 2.05) is 13.0 Å². The van der Waals surface area contributed by atoms with Crippen molar-refractivity contribution in [2.24, 2.45) is 0 Å². The smallest absolute Gasteiger partial charge is 0.130 e. The molecular formula is C10H15F. The van der Waals surface area contributed by atoms with Crippen molar-refractivity contribution in [1.29, 1.82) is 0 Å². The lowest BCUT2D eigenvalue weighted by molar-refractivity contribution is 0.270. The fourth-order valence-electron chi connectivity index (χ4n) is 1.51. The van der Waals surface area contributed by atoms with Crippen LogP contribution in [0.5, 0.6) is 0 Å². The van der Waals surface area contributed by atoms with Crippen molar-refractivity contribution in [3.63, 3.8) is 0 Å². The molecule has 0 aromatic carbocycles. The minimum atomic E-state index is -1.17. The number of hydrogen-bond acceptors (Lipinski definition) is 0. The molecule has 0 aromatic rings. The fraction of sp³-hybridized carbons (Fsp3) is 0.600. The van der Waals surface area contributed by atoms with Crippen LogP contribution >= 0.6 is 0 Å². The van der Waals surface area contributed by atoms with Crippen LogP contribution in [-0.4, -0.2) is 5.67 Å². The van der Waals surface area contributed by atoms with E-state index in [1.54, 1.807) is 13.8 Å². The summed E-state index contributed by atoms with van der Waals surface area (Å²) in [7, 11) is 0. The van der Waals surface area contributed by atoms with E-state index in [0.29, 0.717) is 0 Å². The van der Waals surface area contributed by atoms with Crippen molar-refractivity contribution in [3.05, 3.63) is 23.3 Å². The van der Waals surface area contributed by atoms with Gasteiger partial charge in [-0.05, 0) is 44.8 Å². The van der Waals surface area contributed by atoms with E-state index in [9.17, 15) is 4.39 Å². The molecule has 0 amide bonds. The summed E-state index contributed by atoms with van der Waals surface area (Å²) in [6, 6.07) is 0. The highest BCUT2D eigenvalue weighted by Gasteiger charge is 2.23. The van der Waals surface area contributed by atoms with Crippen molar-refractivity contribution in [3.8, 4) is 0 Å². The van der Waals surface area contributed by atoms with Gasteiger partial charge in [-0.1, -0.05) is 12.2 Å². The molecule has 0 atom stereocenters. The van der Waals surface area contributed by atoms with Crippen LogP contribution in [0.15, 0.2) is 23.3 Å². The zero-order chi connectivity index (χ0) is 8.48. The summed E-state index contributed by atoms with van der Waals surface area (Å²) in [6.07, 6.45) is 6.16. The zero-order valence-electron chi connectivity index (χ0n) is 7.45. The number of hydrogen-bond donors (Lipinski definition) is 0. The second kappa shape index (κ2) is 2.80. The quantitative estimate of drug-likeness (QED) is 0.543. The molecule has 1 rings (SSSR count). The van der Waals surface area contributed by atoms with Gasteiger partial charge in [-0.25, -0.2) is 4.39 Å². The van der Waals surface area contributed by atoms with Crippen LogP contribution in [0.25, 0.3) is 0 Å². The molecule has 0 bridgehead atoms. The largest absolute Gasteiger partial charge is 0.239 e. The van der Waals surface area contributed by atoms with Crippen molar-refractivity contribution in [2.75, 3.05) is 0 Å². The van der Waals surface area contributed by atoms with Crippen molar-refractivity contribution in [1.82, 2.24) is 0 Å². The molecule has 0 unspecified atom stereocenters. The second-order valence-electron chi connectivity index (χ2n) is 3.55. The Morgan fingerprint density at radius 3 is 2.18 bits per heavy atom. The van der Waals surface area contributed by atoms with Gasteiger partial charge in [-0.2, -0.15) is 0 Å². The Hall–Kier alpha value is -0.590. The van der Waals surface area contributed by atoms with E-state index in [-0.39, 0.29) is 0 Å². The summed E-state index contributed by atoms with van der Waals surface area (Å²) >= 11 is 0. The fourth-order valence-corrected chi connectivity index (χ4v) is 1.51. The first-order valence-electron chi connectivity index (χ1n) is 4.08. The van der Waals surface area contributed by atoms with Gasteiger partial charge in [-0.15, -0.1) is 0 Å². The van der Waals surface area contributed by atoms with Crippen LogP contribution in [0.3, 0.4) is 0 Å². The first kappa shape index (κ1) is 8.51. The molecule has 0 saturated heterocycles. The highest BCUT2D eigenvalue weighted by Crippen LogP contribution is 2.30. The Labute approximate surface area is 67.8 Å². The van der Waals surface area contributed by atoms with Gasteiger partial charge in [-0.3, -0.25) is 0 Å². The molecular weight excluding hydrogens is 139 g/mol. The Morgan fingerprint density at radius 2 is 1.82 bits per heavy atom. The SMILES string of the molecule is CC1=CCCC=C1C(C)(C)F. The number of rotatable bonds is 1. The molecule has 0 fully saturated rings. The molecule has 0 spiro atoms. The minimum absolute atomic E-state index is 0.865.